The summed E-state index contributed by atoms with van der Waals surface area (Å²) < 4.78 is 18.9. The predicted molar refractivity (Wildman–Crippen MR) is 165 cm³/mol. The van der Waals surface area contributed by atoms with Gasteiger partial charge in [0, 0.05) is 27.4 Å². The summed E-state index contributed by atoms with van der Waals surface area (Å²) in [6.07, 6.45) is 1.57. The van der Waals surface area contributed by atoms with E-state index >= 15 is 0 Å². The number of hydrogen-bond donors (Lipinski definition) is 3. The van der Waals surface area contributed by atoms with Gasteiger partial charge in [0.1, 0.15) is 17.3 Å². The average molecular weight is 584 g/mol. The van der Waals surface area contributed by atoms with Crippen LogP contribution in [0.5, 0.6) is 5.75 Å². The van der Waals surface area contributed by atoms with Gasteiger partial charge in [0.05, 0.1) is 11.9 Å². The summed E-state index contributed by atoms with van der Waals surface area (Å²) in [4.78, 5) is 39.9. The number of hydrogen-bond acceptors (Lipinski definition) is 5. The number of ether oxygens (including phenoxy) is 1. The SMILES string of the molecule is CCOc1ccccc1/C=C(/NC(=O)c1ccccc1)C(=O)Nc1cccc(SC(C)C(=O)Nc2ccc(F)cc2)c1. The van der Waals surface area contributed by atoms with Gasteiger partial charge in [-0.2, -0.15) is 0 Å². The van der Waals surface area contributed by atoms with Crippen molar-refractivity contribution >= 4 is 46.9 Å². The molecule has 0 aliphatic heterocycles. The minimum Gasteiger partial charge on any atom is -0.493 e. The van der Waals surface area contributed by atoms with Crippen molar-refractivity contribution in [2.75, 3.05) is 17.2 Å². The Hall–Kier alpha value is -4.89. The van der Waals surface area contributed by atoms with Crippen LogP contribution in [0.1, 0.15) is 29.8 Å². The number of carbonyl (C=O) groups excluding carboxylic acids is 3. The van der Waals surface area contributed by atoms with Gasteiger partial charge in [0.2, 0.25) is 5.91 Å². The van der Waals surface area contributed by atoms with E-state index in [0.29, 0.717) is 34.9 Å². The molecule has 214 valence electrons. The van der Waals surface area contributed by atoms with Gasteiger partial charge in [-0.3, -0.25) is 14.4 Å². The van der Waals surface area contributed by atoms with Gasteiger partial charge in [-0.1, -0.05) is 42.5 Å². The molecule has 4 aromatic carbocycles. The van der Waals surface area contributed by atoms with Crippen LogP contribution in [0.4, 0.5) is 15.8 Å². The first kappa shape index (κ1) is 30.1. The van der Waals surface area contributed by atoms with E-state index in [0.717, 1.165) is 4.90 Å². The third kappa shape index (κ3) is 8.55. The first-order chi connectivity index (χ1) is 20.3. The molecule has 1 atom stereocenters. The Morgan fingerprint density at radius 3 is 2.31 bits per heavy atom. The zero-order chi connectivity index (χ0) is 29.9. The lowest BCUT2D eigenvalue weighted by Gasteiger charge is -2.14. The van der Waals surface area contributed by atoms with Gasteiger partial charge in [-0.05, 0) is 80.6 Å². The van der Waals surface area contributed by atoms with Gasteiger partial charge >= 0.3 is 0 Å². The first-order valence-corrected chi connectivity index (χ1v) is 14.1. The number of carbonyl (C=O) groups is 3. The van der Waals surface area contributed by atoms with Crippen LogP contribution in [0.2, 0.25) is 0 Å². The second-order valence-corrected chi connectivity index (χ2v) is 10.5. The van der Waals surface area contributed by atoms with E-state index in [1.54, 1.807) is 73.7 Å². The van der Waals surface area contributed by atoms with Crippen LogP contribution < -0.4 is 20.7 Å². The van der Waals surface area contributed by atoms with E-state index in [2.05, 4.69) is 16.0 Å². The number of amides is 3. The second-order valence-electron chi connectivity index (χ2n) is 9.09. The largest absolute Gasteiger partial charge is 0.493 e. The molecule has 0 spiro atoms. The van der Waals surface area contributed by atoms with Gasteiger partial charge < -0.3 is 20.7 Å². The molecule has 0 fully saturated rings. The summed E-state index contributed by atoms with van der Waals surface area (Å²) in [5.41, 5.74) is 2.04. The first-order valence-electron chi connectivity index (χ1n) is 13.3. The summed E-state index contributed by atoms with van der Waals surface area (Å²) in [6.45, 7) is 4.06. The monoisotopic (exact) mass is 583 g/mol. The highest BCUT2D eigenvalue weighted by molar-refractivity contribution is 8.00. The Morgan fingerprint density at radius 1 is 0.857 bits per heavy atom. The molecule has 4 aromatic rings. The van der Waals surface area contributed by atoms with Crippen molar-refractivity contribution in [3.63, 3.8) is 0 Å². The quantitative estimate of drug-likeness (QED) is 0.134. The molecule has 42 heavy (non-hydrogen) atoms. The smallest absolute Gasteiger partial charge is 0.272 e. The van der Waals surface area contributed by atoms with E-state index in [4.69, 9.17) is 4.74 Å². The minimum atomic E-state index is -0.533. The average Bonchev–Trinajstić information content (AvgIpc) is 2.99. The molecule has 0 bridgehead atoms. The van der Waals surface area contributed by atoms with Crippen molar-refractivity contribution in [3.05, 3.63) is 126 Å². The summed E-state index contributed by atoms with van der Waals surface area (Å²) >= 11 is 1.30. The van der Waals surface area contributed by atoms with E-state index in [9.17, 15) is 18.8 Å². The van der Waals surface area contributed by atoms with Gasteiger partial charge in [0.15, 0.2) is 0 Å². The molecule has 0 saturated carbocycles. The van der Waals surface area contributed by atoms with Crippen molar-refractivity contribution in [2.24, 2.45) is 0 Å². The number of anilines is 2. The number of halogens is 1. The van der Waals surface area contributed by atoms with E-state index in [-0.39, 0.29) is 17.4 Å². The molecule has 1 unspecified atom stereocenters. The van der Waals surface area contributed by atoms with E-state index in [1.807, 2.05) is 25.1 Å². The number of benzene rings is 4. The summed E-state index contributed by atoms with van der Waals surface area (Å²) in [5.74, 6) is -1.02. The highest BCUT2D eigenvalue weighted by Crippen LogP contribution is 2.27. The molecule has 3 N–H and O–H groups in total. The highest BCUT2D eigenvalue weighted by atomic mass is 32.2. The van der Waals surface area contributed by atoms with Crippen LogP contribution in [-0.2, 0) is 9.59 Å². The van der Waals surface area contributed by atoms with Gasteiger partial charge in [-0.25, -0.2) is 4.39 Å². The molecule has 0 heterocycles. The molecular weight excluding hydrogens is 553 g/mol. The highest BCUT2D eigenvalue weighted by Gasteiger charge is 2.18. The van der Waals surface area contributed by atoms with E-state index < -0.39 is 17.1 Å². The lowest BCUT2D eigenvalue weighted by Crippen LogP contribution is -2.30. The Bertz CT molecular complexity index is 1580. The predicted octanol–water partition coefficient (Wildman–Crippen LogP) is 6.75. The zero-order valence-corrected chi connectivity index (χ0v) is 23.9. The maximum absolute atomic E-state index is 13.5. The Morgan fingerprint density at radius 2 is 1.57 bits per heavy atom. The van der Waals surface area contributed by atoms with Crippen LogP contribution in [-0.4, -0.2) is 29.6 Å². The molecule has 3 amide bonds. The molecule has 0 aliphatic carbocycles. The molecule has 0 aliphatic rings. The van der Waals surface area contributed by atoms with Crippen LogP contribution in [0, 0.1) is 5.82 Å². The number of rotatable bonds is 11. The summed E-state index contributed by atoms with van der Waals surface area (Å²) in [6, 6.07) is 28.4. The topological polar surface area (TPSA) is 96.5 Å². The number of thioether (sulfide) groups is 1. The van der Waals surface area contributed by atoms with Crippen LogP contribution in [0.3, 0.4) is 0 Å². The normalized spacial score (nSPS) is 11.7. The fourth-order valence-corrected chi connectivity index (χ4v) is 4.79. The maximum atomic E-state index is 13.5. The van der Waals surface area contributed by atoms with Crippen LogP contribution >= 0.6 is 11.8 Å². The van der Waals surface area contributed by atoms with Crippen molar-refractivity contribution in [2.45, 2.75) is 24.0 Å². The zero-order valence-electron chi connectivity index (χ0n) is 23.1. The van der Waals surface area contributed by atoms with Gasteiger partial charge in [-0.15, -0.1) is 11.8 Å². The number of para-hydroxylation sites is 1. The summed E-state index contributed by atoms with van der Waals surface area (Å²) in [5, 5.41) is 7.87. The molecule has 0 radical (unpaired) electrons. The van der Waals surface area contributed by atoms with E-state index in [1.165, 1.54) is 36.0 Å². The molecule has 0 saturated heterocycles. The van der Waals surface area contributed by atoms with Gasteiger partial charge in [0.25, 0.3) is 11.8 Å². The lowest BCUT2D eigenvalue weighted by molar-refractivity contribution is -0.115. The van der Waals surface area contributed by atoms with Crippen LogP contribution in [0.15, 0.2) is 114 Å². The Balaban J connectivity index is 1.51. The Kier molecular flexibility index (Phi) is 10.5. The second kappa shape index (κ2) is 14.7. The Labute approximate surface area is 248 Å². The molecule has 0 aromatic heterocycles. The summed E-state index contributed by atoms with van der Waals surface area (Å²) in [7, 11) is 0. The molecule has 4 rings (SSSR count). The van der Waals surface area contributed by atoms with Crippen molar-refractivity contribution in [1.82, 2.24) is 5.32 Å². The van der Waals surface area contributed by atoms with Crippen molar-refractivity contribution in [3.8, 4) is 5.75 Å². The van der Waals surface area contributed by atoms with Crippen LogP contribution in [0.25, 0.3) is 6.08 Å². The van der Waals surface area contributed by atoms with Crippen molar-refractivity contribution < 1.29 is 23.5 Å². The molecular formula is C33H30FN3O4S. The fourth-order valence-electron chi connectivity index (χ4n) is 3.86. The maximum Gasteiger partial charge on any atom is 0.272 e. The molecule has 7 nitrogen and oxygen atoms in total. The fraction of sp³-hybridized carbons (Fsp3) is 0.121. The molecule has 9 heteroatoms. The third-order valence-electron chi connectivity index (χ3n) is 5.93. The third-order valence-corrected chi connectivity index (χ3v) is 7.03. The van der Waals surface area contributed by atoms with Crippen molar-refractivity contribution in [1.29, 1.82) is 0 Å². The lowest BCUT2D eigenvalue weighted by atomic mass is 10.1. The standard InChI is InChI=1S/C33H30FN3O4S/c1-3-41-30-15-8-7-12-24(30)20-29(37-32(39)23-10-5-4-6-11-23)33(40)36-27-13-9-14-28(21-27)42-22(2)31(38)35-26-18-16-25(34)17-19-26/h4-22H,3H2,1-2H3,(H,35,38)(H,36,40)(H,37,39)/b29-20+. The number of nitrogens with one attached hydrogen (secondary N) is 3. The minimum absolute atomic E-state index is 0.0288.